The van der Waals surface area contributed by atoms with E-state index in [4.69, 9.17) is 5.11 Å². The number of rotatable bonds is 6. The van der Waals surface area contributed by atoms with Crippen molar-refractivity contribution in [1.29, 1.82) is 0 Å². The second kappa shape index (κ2) is 7.00. The first kappa shape index (κ1) is 31.0. The fourth-order valence-corrected chi connectivity index (χ4v) is 5.34. The third-order valence-electron chi connectivity index (χ3n) is 6.88. The minimum atomic E-state index is -8.60. The Labute approximate surface area is 199 Å². The summed E-state index contributed by atoms with van der Waals surface area (Å²) in [6.45, 7) is -4.16. The molecule has 2 atom stereocenters. The van der Waals surface area contributed by atoms with E-state index >= 15 is 17.6 Å². The Balaban J connectivity index is 2.62. The van der Waals surface area contributed by atoms with Gasteiger partial charge in [-0.05, 0) is 0 Å². The monoisotopic (exact) mass is 626 g/mol. The number of carbonyl (C=O) groups is 1. The number of ether oxygens (including phenoxy) is 2. The highest BCUT2D eigenvalue weighted by Gasteiger charge is 3.24. The smallest absolute Gasteiger partial charge is 0.395 e. The van der Waals surface area contributed by atoms with E-state index < -0.39 is 88.6 Å². The molecule has 4 nitrogen and oxygen atoms in total. The largest absolute Gasteiger partial charge is 0.542 e. The van der Waals surface area contributed by atoms with Crippen LogP contribution in [0, 0.1) is 10.8 Å². The van der Waals surface area contributed by atoms with Crippen LogP contribution in [0.25, 0.3) is 0 Å². The first-order chi connectivity index (χ1) is 16.5. The number of halogens is 19. The number of aliphatic hydroxyl groups is 1. The molecule has 38 heavy (non-hydrogen) atoms. The van der Waals surface area contributed by atoms with Gasteiger partial charge in [0.15, 0.2) is 5.41 Å². The molecule has 4 bridgehead atoms. The molecule has 0 aliphatic heterocycles. The zero-order valence-electron chi connectivity index (χ0n) is 16.8. The summed E-state index contributed by atoms with van der Waals surface area (Å²) in [7, 11) is 0. The predicted octanol–water partition coefficient (Wildman–Crippen LogP) is 5.16. The van der Waals surface area contributed by atoms with E-state index in [9.17, 15) is 66.3 Å². The molecule has 23 heteroatoms. The van der Waals surface area contributed by atoms with Crippen molar-refractivity contribution in [2.75, 3.05) is 12.5 Å². The van der Waals surface area contributed by atoms with E-state index in [1.165, 1.54) is 0 Å². The van der Waals surface area contributed by atoms with Gasteiger partial charge >= 0.3 is 59.3 Å². The molecule has 0 spiro atoms. The summed E-state index contributed by atoms with van der Waals surface area (Å²) in [5, 5.41) is 8.92. The minimum absolute atomic E-state index is 1.81. The molecule has 0 saturated heterocycles. The Morgan fingerprint density at radius 2 is 1.03 bits per heavy atom. The van der Waals surface area contributed by atoms with Gasteiger partial charge in [-0.3, -0.25) is 4.79 Å². The maximum Gasteiger partial charge on any atom is 0.542 e. The molecular weight excluding hydrogens is 622 g/mol. The van der Waals surface area contributed by atoms with Crippen LogP contribution in [-0.4, -0.2) is 82.8 Å². The summed E-state index contributed by atoms with van der Waals surface area (Å²) in [4.78, 5) is 10.7. The quantitative estimate of drug-likeness (QED) is 0.192. The lowest BCUT2D eigenvalue weighted by atomic mass is 9.32. The lowest BCUT2D eigenvalue weighted by Crippen LogP contribution is -3.08. The number of alkyl halides is 19. The average molecular weight is 627 g/mol. The summed E-state index contributed by atoms with van der Waals surface area (Å²) >= 11 is 4.60. The van der Waals surface area contributed by atoms with Gasteiger partial charge in [-0.2, -0.15) is 17.6 Å². The molecule has 4 aliphatic rings. The second-order valence-electron chi connectivity index (χ2n) is 8.27. The van der Waals surface area contributed by atoms with Crippen molar-refractivity contribution in [3.63, 3.8) is 0 Å². The fraction of sp³-hybridized carbons (Fsp3) is 0.933. The van der Waals surface area contributed by atoms with Gasteiger partial charge in [-0.15, -0.1) is 20.4 Å². The molecule has 1 N–H and O–H groups in total. The number of hydrogen-bond donors (Lipinski definition) is 1. The SMILES string of the molecule is O=C(CCl)OC(F)(F)OC(F)(F)C12C(F)(F)C3(F)C(F)(F)C(F)(C(F)(F)C(CO)(C3(F)F)C1(F)F)C2(F)F. The normalized spacial score (nSPS) is 41.2. The van der Waals surface area contributed by atoms with Gasteiger partial charge in [-0.25, -0.2) is 57.4 Å². The first-order valence-electron chi connectivity index (χ1n) is 8.96. The van der Waals surface area contributed by atoms with Gasteiger partial charge in [0, 0.05) is 0 Å². The van der Waals surface area contributed by atoms with Crippen LogP contribution in [0.15, 0.2) is 0 Å². The fourth-order valence-electron chi connectivity index (χ4n) is 5.28. The van der Waals surface area contributed by atoms with Crippen molar-refractivity contribution < 1.29 is 98.4 Å². The van der Waals surface area contributed by atoms with Gasteiger partial charge in [-0.1, -0.05) is 0 Å². The summed E-state index contributed by atoms with van der Waals surface area (Å²) in [6.07, 6.45) is -15.0. The third kappa shape index (κ3) is 2.23. The zero-order valence-corrected chi connectivity index (χ0v) is 17.5. The molecule has 4 saturated carbocycles. The average Bonchev–Trinajstić information content (AvgIpc) is 2.67. The Morgan fingerprint density at radius 1 is 0.658 bits per heavy atom. The Morgan fingerprint density at radius 3 is 1.34 bits per heavy atom. The molecular formula is C15H5ClF18O4. The van der Waals surface area contributed by atoms with Gasteiger partial charge in [0.2, 0.25) is 0 Å². The van der Waals surface area contributed by atoms with Crippen LogP contribution in [0.2, 0.25) is 0 Å². The van der Waals surface area contributed by atoms with Crippen LogP contribution in [0.5, 0.6) is 0 Å². The van der Waals surface area contributed by atoms with Crippen LogP contribution in [0.1, 0.15) is 0 Å². The van der Waals surface area contributed by atoms with Gasteiger partial charge in [0.1, 0.15) is 5.88 Å². The third-order valence-corrected chi connectivity index (χ3v) is 7.10. The van der Waals surface area contributed by atoms with E-state index in [1.807, 2.05) is 4.74 Å². The molecule has 4 aliphatic carbocycles. The molecule has 0 heterocycles. The van der Waals surface area contributed by atoms with E-state index in [0.717, 1.165) is 0 Å². The predicted molar refractivity (Wildman–Crippen MR) is 77.1 cm³/mol. The van der Waals surface area contributed by atoms with E-state index in [1.54, 1.807) is 0 Å². The van der Waals surface area contributed by atoms with E-state index in [2.05, 4.69) is 16.3 Å². The minimum Gasteiger partial charge on any atom is -0.395 e. The van der Waals surface area contributed by atoms with Gasteiger partial charge < -0.3 is 9.84 Å². The van der Waals surface area contributed by atoms with Crippen molar-refractivity contribution in [2.24, 2.45) is 10.8 Å². The first-order valence-corrected chi connectivity index (χ1v) is 9.50. The van der Waals surface area contributed by atoms with E-state index in [0.29, 0.717) is 0 Å². The van der Waals surface area contributed by atoms with Crippen molar-refractivity contribution in [2.45, 2.75) is 59.3 Å². The molecule has 4 rings (SSSR count). The molecule has 0 aromatic rings. The Hall–Kier alpha value is -1.58. The topological polar surface area (TPSA) is 55.8 Å². The highest BCUT2D eigenvalue weighted by Crippen LogP contribution is 2.94. The zero-order chi connectivity index (χ0) is 30.4. The van der Waals surface area contributed by atoms with Crippen LogP contribution < -0.4 is 0 Å². The Kier molecular flexibility index (Phi) is 5.70. The number of esters is 1. The van der Waals surface area contributed by atoms with Crippen LogP contribution in [-0.2, 0) is 14.3 Å². The number of hydrogen-bond acceptors (Lipinski definition) is 4. The molecule has 0 amide bonds. The standard InChI is InChI=1S/C15H5ClF18O4/c16-1-3(36)37-15(33,34)38-14(31,32)5-8(19,20)4(2-35)9(21,22)6(17,11(5,25)26)13(29,30)7(18,10(4,23)24)12(5,27)28/h35H,1-2H2. The van der Waals surface area contributed by atoms with Crippen LogP contribution >= 0.6 is 11.6 Å². The number of carbonyl (C=O) groups excluding carboxylic acids is 1. The molecule has 0 radical (unpaired) electrons. The van der Waals surface area contributed by atoms with Crippen molar-refractivity contribution in [3.8, 4) is 0 Å². The number of aliphatic hydroxyl groups excluding tert-OH is 1. The molecule has 2 unspecified atom stereocenters. The lowest BCUT2D eigenvalue weighted by Gasteiger charge is -2.77. The maximum absolute atomic E-state index is 15.2. The van der Waals surface area contributed by atoms with Crippen LogP contribution in [0.4, 0.5) is 79.0 Å². The van der Waals surface area contributed by atoms with Crippen molar-refractivity contribution in [1.82, 2.24) is 0 Å². The molecule has 0 aromatic heterocycles. The van der Waals surface area contributed by atoms with Crippen LogP contribution in [0.3, 0.4) is 0 Å². The summed E-state index contributed by atoms with van der Waals surface area (Å²) in [5.74, 6) is -54.2. The van der Waals surface area contributed by atoms with Crippen molar-refractivity contribution in [3.05, 3.63) is 0 Å². The maximum atomic E-state index is 15.2. The summed E-state index contributed by atoms with van der Waals surface area (Å²) < 4.78 is 269. The second-order valence-corrected chi connectivity index (χ2v) is 8.53. The van der Waals surface area contributed by atoms with Gasteiger partial charge in [0.05, 0.1) is 6.61 Å². The van der Waals surface area contributed by atoms with Gasteiger partial charge in [0.25, 0.3) is 11.3 Å². The highest BCUT2D eigenvalue weighted by molar-refractivity contribution is 6.26. The van der Waals surface area contributed by atoms with E-state index in [-0.39, 0.29) is 0 Å². The molecule has 222 valence electrons. The highest BCUT2D eigenvalue weighted by atomic mass is 35.5. The summed E-state index contributed by atoms with van der Waals surface area (Å²) in [6, 6.07) is 0. The molecule has 4 fully saturated rings. The van der Waals surface area contributed by atoms with Crippen molar-refractivity contribution >= 4 is 17.6 Å². The summed E-state index contributed by atoms with van der Waals surface area (Å²) in [5.41, 5.74) is -32.3. The molecule has 0 aromatic carbocycles. The lowest BCUT2D eigenvalue weighted by molar-refractivity contribution is -0.655. The Bertz CT molecular complexity index is 1020.